The second kappa shape index (κ2) is 11.7. The maximum Gasteiger partial charge on any atom is 0.191 e. The highest BCUT2D eigenvalue weighted by molar-refractivity contribution is 14.0. The molecule has 132 valence electrons. The minimum Gasteiger partial charge on any atom is -0.467 e. The fourth-order valence-electron chi connectivity index (χ4n) is 2.68. The summed E-state index contributed by atoms with van der Waals surface area (Å²) in [5.41, 5.74) is 0. The van der Waals surface area contributed by atoms with E-state index in [1.165, 1.54) is 12.8 Å². The summed E-state index contributed by atoms with van der Waals surface area (Å²) in [6, 6.07) is 3.85. The zero-order valence-electron chi connectivity index (χ0n) is 14.1. The number of methoxy groups -OCH3 is 1. The lowest BCUT2D eigenvalue weighted by molar-refractivity contribution is 0.121. The van der Waals surface area contributed by atoms with E-state index in [0.29, 0.717) is 12.5 Å². The van der Waals surface area contributed by atoms with Crippen molar-refractivity contribution in [3.8, 4) is 0 Å². The van der Waals surface area contributed by atoms with Gasteiger partial charge in [0.2, 0.25) is 0 Å². The number of furan rings is 1. The number of halogens is 1. The van der Waals surface area contributed by atoms with Gasteiger partial charge in [-0.2, -0.15) is 0 Å². The van der Waals surface area contributed by atoms with Crippen LogP contribution in [0.5, 0.6) is 0 Å². The quantitative estimate of drug-likeness (QED) is 0.389. The van der Waals surface area contributed by atoms with Crippen LogP contribution in [0, 0.1) is 5.92 Å². The summed E-state index contributed by atoms with van der Waals surface area (Å²) in [6.45, 7) is 5.82. The second-order valence-corrected chi connectivity index (χ2v) is 5.66. The van der Waals surface area contributed by atoms with Crippen molar-refractivity contribution in [1.82, 2.24) is 15.5 Å². The van der Waals surface area contributed by atoms with E-state index in [2.05, 4.69) is 20.5 Å². The Labute approximate surface area is 156 Å². The van der Waals surface area contributed by atoms with E-state index >= 15 is 0 Å². The van der Waals surface area contributed by atoms with E-state index in [-0.39, 0.29) is 24.0 Å². The van der Waals surface area contributed by atoms with Crippen LogP contribution >= 0.6 is 24.0 Å². The van der Waals surface area contributed by atoms with Gasteiger partial charge >= 0.3 is 0 Å². The van der Waals surface area contributed by atoms with Crippen molar-refractivity contribution >= 4 is 29.9 Å². The first-order valence-electron chi connectivity index (χ1n) is 8.00. The topological polar surface area (TPSA) is 62.0 Å². The molecule has 0 aliphatic carbocycles. The van der Waals surface area contributed by atoms with Gasteiger partial charge in [0.25, 0.3) is 0 Å². The van der Waals surface area contributed by atoms with Gasteiger partial charge in [-0.25, -0.2) is 0 Å². The summed E-state index contributed by atoms with van der Waals surface area (Å²) >= 11 is 0. The highest BCUT2D eigenvalue weighted by Crippen LogP contribution is 2.15. The molecule has 1 fully saturated rings. The minimum absolute atomic E-state index is 0. The molecule has 0 unspecified atom stereocenters. The summed E-state index contributed by atoms with van der Waals surface area (Å²) in [6.07, 6.45) is 4.14. The maximum atomic E-state index is 5.31. The first-order chi connectivity index (χ1) is 10.8. The van der Waals surface area contributed by atoms with Crippen molar-refractivity contribution in [2.24, 2.45) is 10.9 Å². The molecule has 2 heterocycles. The zero-order valence-corrected chi connectivity index (χ0v) is 16.4. The Kier molecular flexibility index (Phi) is 10.3. The number of hydrogen-bond donors (Lipinski definition) is 2. The largest absolute Gasteiger partial charge is 0.467 e. The maximum absolute atomic E-state index is 5.31. The Morgan fingerprint density at radius 1 is 1.39 bits per heavy atom. The van der Waals surface area contributed by atoms with E-state index in [4.69, 9.17) is 9.15 Å². The average Bonchev–Trinajstić information content (AvgIpc) is 3.07. The Hall–Kier alpha value is -0.800. The lowest BCUT2D eigenvalue weighted by Crippen LogP contribution is -2.43. The van der Waals surface area contributed by atoms with E-state index in [1.807, 2.05) is 12.1 Å². The molecule has 0 spiro atoms. The van der Waals surface area contributed by atoms with Crippen LogP contribution in [0.25, 0.3) is 0 Å². The Morgan fingerprint density at radius 2 is 2.17 bits per heavy atom. The molecule has 23 heavy (non-hydrogen) atoms. The van der Waals surface area contributed by atoms with E-state index in [9.17, 15) is 0 Å². The Balaban J connectivity index is 0.00000264. The molecule has 2 rings (SSSR count). The van der Waals surface area contributed by atoms with Crippen LogP contribution in [0.1, 0.15) is 18.6 Å². The molecule has 0 amide bonds. The first kappa shape index (κ1) is 20.2. The van der Waals surface area contributed by atoms with Crippen molar-refractivity contribution in [2.45, 2.75) is 19.4 Å². The summed E-state index contributed by atoms with van der Waals surface area (Å²) in [4.78, 5) is 6.73. The molecule has 1 aromatic rings. The van der Waals surface area contributed by atoms with Gasteiger partial charge in [0.1, 0.15) is 5.76 Å². The van der Waals surface area contributed by atoms with Gasteiger partial charge in [-0.05, 0) is 44.0 Å². The highest BCUT2D eigenvalue weighted by atomic mass is 127. The summed E-state index contributed by atoms with van der Waals surface area (Å²) in [5, 5.41) is 6.68. The molecule has 0 atom stereocenters. The number of piperidine rings is 1. The first-order valence-corrected chi connectivity index (χ1v) is 8.00. The van der Waals surface area contributed by atoms with E-state index < -0.39 is 0 Å². The molecule has 1 aliphatic rings. The van der Waals surface area contributed by atoms with Crippen LogP contribution in [-0.2, 0) is 11.3 Å². The normalized spacial score (nSPS) is 16.9. The van der Waals surface area contributed by atoms with Crippen molar-refractivity contribution in [1.29, 1.82) is 0 Å². The zero-order chi connectivity index (χ0) is 15.6. The third kappa shape index (κ3) is 7.54. The second-order valence-electron chi connectivity index (χ2n) is 5.66. The molecule has 0 bridgehead atoms. The third-order valence-electron chi connectivity index (χ3n) is 4.11. The van der Waals surface area contributed by atoms with Crippen LogP contribution in [0.2, 0.25) is 0 Å². The smallest absolute Gasteiger partial charge is 0.191 e. The van der Waals surface area contributed by atoms with Crippen LogP contribution < -0.4 is 10.6 Å². The number of aliphatic imine (C=N–C) groups is 1. The molecule has 1 aromatic heterocycles. The van der Waals surface area contributed by atoms with Gasteiger partial charge in [-0.15, -0.1) is 24.0 Å². The molecule has 0 radical (unpaired) electrons. The lowest BCUT2D eigenvalue weighted by atomic mass is 9.97. The average molecular weight is 436 g/mol. The molecule has 2 N–H and O–H groups in total. The van der Waals surface area contributed by atoms with Gasteiger partial charge in [0.05, 0.1) is 19.4 Å². The fraction of sp³-hybridized carbons (Fsp3) is 0.688. The molecule has 6 nitrogen and oxygen atoms in total. The van der Waals surface area contributed by atoms with Gasteiger partial charge < -0.3 is 24.7 Å². The molecular weight excluding hydrogens is 407 g/mol. The fourth-order valence-corrected chi connectivity index (χ4v) is 2.68. The summed E-state index contributed by atoms with van der Waals surface area (Å²) < 4.78 is 10.4. The Morgan fingerprint density at radius 3 is 2.78 bits per heavy atom. The van der Waals surface area contributed by atoms with E-state index in [0.717, 1.165) is 44.5 Å². The third-order valence-corrected chi connectivity index (χ3v) is 4.11. The molecule has 7 heteroatoms. The van der Waals surface area contributed by atoms with Gasteiger partial charge in [-0.3, -0.25) is 4.99 Å². The monoisotopic (exact) mass is 436 g/mol. The number of nitrogens with one attached hydrogen (secondary N) is 2. The standard InChI is InChI=1S/C16H28N4O2.HI/c1-17-16(19-13-15-4-3-10-22-15)18-12-14-5-7-20(8-6-14)9-11-21-2;/h3-4,10,14H,5-9,11-13H2,1-2H3,(H2,17,18,19);1H. The van der Waals surface area contributed by atoms with Crippen molar-refractivity contribution in [3.63, 3.8) is 0 Å². The lowest BCUT2D eigenvalue weighted by Gasteiger charge is -2.32. The number of likely N-dealkylation sites (tertiary alicyclic amines) is 1. The minimum atomic E-state index is 0. The van der Waals surface area contributed by atoms with Crippen LogP contribution in [0.3, 0.4) is 0 Å². The number of rotatable bonds is 7. The molecular formula is C16H29IN4O2. The van der Waals surface area contributed by atoms with Crippen LogP contribution in [0.15, 0.2) is 27.8 Å². The number of hydrogen-bond acceptors (Lipinski definition) is 4. The van der Waals surface area contributed by atoms with Crippen molar-refractivity contribution in [3.05, 3.63) is 24.2 Å². The number of guanidine groups is 1. The van der Waals surface area contributed by atoms with E-state index in [1.54, 1.807) is 20.4 Å². The molecule has 1 aliphatic heterocycles. The van der Waals surface area contributed by atoms with Gasteiger partial charge in [0, 0.05) is 27.2 Å². The van der Waals surface area contributed by atoms with Gasteiger partial charge in [0.15, 0.2) is 5.96 Å². The SMILES string of the molecule is CN=C(NCc1ccco1)NCC1CCN(CCOC)CC1.I. The Bertz CT molecular complexity index is 431. The van der Waals surface area contributed by atoms with Crippen LogP contribution in [0.4, 0.5) is 0 Å². The molecule has 1 saturated heterocycles. The van der Waals surface area contributed by atoms with Crippen LogP contribution in [-0.4, -0.2) is 57.8 Å². The van der Waals surface area contributed by atoms with Crippen molar-refractivity contribution in [2.75, 3.05) is 46.9 Å². The van der Waals surface area contributed by atoms with Crippen molar-refractivity contribution < 1.29 is 9.15 Å². The van der Waals surface area contributed by atoms with Gasteiger partial charge in [-0.1, -0.05) is 0 Å². The number of nitrogens with zero attached hydrogens (tertiary/aromatic N) is 2. The predicted octanol–water partition coefficient (Wildman–Crippen LogP) is 1.92. The summed E-state index contributed by atoms with van der Waals surface area (Å²) in [5.74, 6) is 2.45. The summed E-state index contributed by atoms with van der Waals surface area (Å²) in [7, 11) is 3.56. The highest BCUT2D eigenvalue weighted by Gasteiger charge is 2.18. The predicted molar refractivity (Wildman–Crippen MR) is 103 cm³/mol. The molecule has 0 saturated carbocycles. The molecule has 0 aromatic carbocycles. The number of ether oxygens (including phenoxy) is 1.